The Hall–Kier alpha value is -5.97. The molecule has 318 valence electrons. The molecule has 1 aliphatic carbocycles. The van der Waals surface area contributed by atoms with Crippen LogP contribution in [0.5, 0.6) is 0 Å². The van der Waals surface area contributed by atoms with Crippen molar-refractivity contribution >= 4 is 63.7 Å². The van der Waals surface area contributed by atoms with Crippen LogP contribution < -0.4 is 20.4 Å². The topological polar surface area (TPSA) is 169 Å². The van der Waals surface area contributed by atoms with Crippen molar-refractivity contribution in [2.24, 2.45) is 5.92 Å². The van der Waals surface area contributed by atoms with Crippen molar-refractivity contribution in [2.75, 3.05) is 61.9 Å². The SMILES string of the molecule is CN(C)C(=O)c1cc2cnc(Nc3ccc(N4CCC(CN5C6CCC5CN(c5cc7c(cc5F)C(=O)N(C5CCC(=O)NC5=O)C7=O)C6)CC4)cn3)nc2n1C1CCCC1. The zero-order valence-electron chi connectivity index (χ0n) is 34.5. The Kier molecular flexibility index (Phi) is 9.95. The van der Waals surface area contributed by atoms with Gasteiger partial charge in [-0.05, 0) is 81.2 Å². The summed E-state index contributed by atoms with van der Waals surface area (Å²) in [6.45, 7) is 4.07. The molecule has 5 fully saturated rings. The van der Waals surface area contributed by atoms with Gasteiger partial charge >= 0.3 is 0 Å². The van der Waals surface area contributed by atoms with Crippen molar-refractivity contribution in [3.8, 4) is 0 Å². The van der Waals surface area contributed by atoms with Crippen LogP contribution >= 0.6 is 0 Å². The maximum atomic E-state index is 15.7. The van der Waals surface area contributed by atoms with Crippen LogP contribution in [0.4, 0.5) is 27.5 Å². The molecule has 10 rings (SSSR count). The van der Waals surface area contributed by atoms with Gasteiger partial charge in [-0.2, -0.15) is 4.98 Å². The molecular formula is C44H50FN11O5. The van der Waals surface area contributed by atoms with E-state index in [9.17, 15) is 24.0 Å². The molecule has 3 unspecified atom stereocenters. The Balaban J connectivity index is 0.747. The number of piperazine rings is 1. The van der Waals surface area contributed by atoms with Crippen LogP contribution in [-0.4, -0.2) is 129 Å². The summed E-state index contributed by atoms with van der Waals surface area (Å²) < 4.78 is 17.8. The van der Waals surface area contributed by atoms with Gasteiger partial charge in [-0.3, -0.25) is 39.1 Å². The van der Waals surface area contributed by atoms with E-state index in [0.29, 0.717) is 42.2 Å². The van der Waals surface area contributed by atoms with E-state index in [2.05, 4.69) is 36.1 Å². The van der Waals surface area contributed by atoms with Gasteiger partial charge in [-0.1, -0.05) is 12.8 Å². The number of nitrogens with one attached hydrogen (secondary N) is 2. The average Bonchev–Trinajstić information content (AvgIpc) is 4.01. The van der Waals surface area contributed by atoms with Crippen molar-refractivity contribution in [3.05, 3.63) is 65.4 Å². The predicted octanol–water partition coefficient (Wildman–Crippen LogP) is 4.50. The molecule has 3 atom stereocenters. The fourth-order valence-corrected chi connectivity index (χ4v) is 10.6. The standard InChI is InChI=1S/C44H50FN11O5/c1-51(2)43(61)36-17-26-20-47-44(50-39(26)55(36)27-5-3-4-6-27)48-37-11-9-28(21-46-37)52-15-13-25(14-16-52)22-54-29-7-8-30(54)24-53(23-29)35-19-32-31(18-33(35)45)41(59)56(42(32)60)34-10-12-38(57)49-40(34)58/h9,11,17-21,25,27,29-30,34H,3-8,10,12-16,22-24H2,1-2H3,(H,49,57,58)(H,46,47,48,50). The van der Waals surface area contributed by atoms with Crippen molar-refractivity contribution in [2.45, 2.75) is 88.4 Å². The number of hydrogen-bond donors (Lipinski definition) is 2. The van der Waals surface area contributed by atoms with Gasteiger partial charge in [0.25, 0.3) is 17.7 Å². The van der Waals surface area contributed by atoms with E-state index >= 15 is 4.39 Å². The second-order valence-electron chi connectivity index (χ2n) is 17.8. The summed E-state index contributed by atoms with van der Waals surface area (Å²) in [5, 5.41) is 6.32. The highest BCUT2D eigenvalue weighted by molar-refractivity contribution is 6.23. The number of imide groups is 2. The second kappa shape index (κ2) is 15.5. The fraction of sp³-hybridized carbons (Fsp3) is 0.500. The highest BCUT2D eigenvalue weighted by Gasteiger charge is 2.47. The summed E-state index contributed by atoms with van der Waals surface area (Å²) in [6, 6.07) is 8.20. The van der Waals surface area contributed by atoms with Crippen molar-refractivity contribution in [1.29, 1.82) is 0 Å². The van der Waals surface area contributed by atoms with E-state index in [4.69, 9.17) is 9.97 Å². The number of rotatable bonds is 9. The Labute approximate surface area is 352 Å². The molecule has 1 aromatic carbocycles. The van der Waals surface area contributed by atoms with E-state index in [-0.39, 0.29) is 48.0 Å². The predicted molar refractivity (Wildman–Crippen MR) is 224 cm³/mol. The monoisotopic (exact) mass is 831 g/mol. The highest BCUT2D eigenvalue weighted by Crippen LogP contribution is 2.39. The number of piperidine rings is 2. The molecule has 61 heavy (non-hydrogen) atoms. The first-order valence-corrected chi connectivity index (χ1v) is 21.6. The van der Waals surface area contributed by atoms with Crippen LogP contribution in [0.3, 0.4) is 0 Å². The van der Waals surface area contributed by atoms with E-state index < -0.39 is 35.5 Å². The summed E-state index contributed by atoms with van der Waals surface area (Å²) in [5.74, 6) is -1.46. The number of halogens is 1. The fourth-order valence-electron chi connectivity index (χ4n) is 10.6. The third-order valence-electron chi connectivity index (χ3n) is 13.8. The number of carbonyl (C=O) groups excluding carboxylic acids is 5. The maximum Gasteiger partial charge on any atom is 0.270 e. The van der Waals surface area contributed by atoms with E-state index in [1.54, 1.807) is 25.2 Å². The summed E-state index contributed by atoms with van der Waals surface area (Å²) >= 11 is 0. The molecule has 4 saturated heterocycles. The number of amides is 5. The summed E-state index contributed by atoms with van der Waals surface area (Å²) in [5.41, 5.74) is 2.82. The van der Waals surface area contributed by atoms with Crippen molar-refractivity contribution in [1.82, 2.24) is 39.5 Å². The molecule has 4 aromatic rings. The zero-order chi connectivity index (χ0) is 42.1. The zero-order valence-corrected chi connectivity index (χ0v) is 34.5. The van der Waals surface area contributed by atoms with Crippen LogP contribution in [0.25, 0.3) is 11.0 Å². The van der Waals surface area contributed by atoms with Gasteiger partial charge in [0.05, 0.1) is 28.7 Å². The molecule has 1 saturated carbocycles. The lowest BCUT2D eigenvalue weighted by molar-refractivity contribution is -0.136. The molecule has 17 heteroatoms. The Morgan fingerprint density at radius 1 is 0.852 bits per heavy atom. The Morgan fingerprint density at radius 2 is 1.57 bits per heavy atom. The number of carbonyl (C=O) groups is 5. The normalized spacial score (nSPS) is 23.7. The molecule has 5 aliphatic heterocycles. The minimum Gasteiger partial charge on any atom is -0.370 e. The van der Waals surface area contributed by atoms with Gasteiger partial charge in [-0.25, -0.2) is 14.4 Å². The molecule has 3 aromatic heterocycles. The molecule has 6 aliphatic rings. The second-order valence-corrected chi connectivity index (χ2v) is 17.8. The molecule has 0 radical (unpaired) electrons. The molecule has 8 heterocycles. The van der Waals surface area contributed by atoms with Crippen LogP contribution in [0.1, 0.15) is 101 Å². The van der Waals surface area contributed by atoms with Gasteiger partial charge < -0.3 is 24.6 Å². The third-order valence-corrected chi connectivity index (χ3v) is 13.8. The summed E-state index contributed by atoms with van der Waals surface area (Å²) in [4.78, 5) is 87.6. The lowest BCUT2D eigenvalue weighted by atomic mass is 9.94. The molecule has 5 amide bonds. The molecule has 16 nitrogen and oxygen atoms in total. The summed E-state index contributed by atoms with van der Waals surface area (Å²) in [7, 11) is 3.54. The number of anilines is 4. The average molecular weight is 832 g/mol. The van der Waals surface area contributed by atoms with E-state index in [0.717, 1.165) is 98.7 Å². The molecule has 2 N–H and O–H groups in total. The molecule has 2 bridgehead atoms. The van der Waals surface area contributed by atoms with Crippen molar-refractivity contribution in [3.63, 3.8) is 0 Å². The number of aromatic nitrogens is 4. The number of hydrogen-bond acceptors (Lipinski definition) is 12. The quantitative estimate of drug-likeness (QED) is 0.227. The van der Waals surface area contributed by atoms with Crippen molar-refractivity contribution < 1.29 is 28.4 Å². The smallest absolute Gasteiger partial charge is 0.270 e. The maximum absolute atomic E-state index is 15.7. The third kappa shape index (κ3) is 7.05. The minimum absolute atomic E-state index is 0.0237. The Bertz CT molecular complexity index is 2430. The van der Waals surface area contributed by atoms with Gasteiger partial charge in [-0.15, -0.1) is 0 Å². The van der Waals surface area contributed by atoms with Gasteiger partial charge in [0.15, 0.2) is 0 Å². The molecular weight excluding hydrogens is 782 g/mol. The van der Waals surface area contributed by atoms with Crippen LogP contribution in [0.15, 0.2) is 42.7 Å². The van der Waals surface area contributed by atoms with Crippen LogP contribution in [0, 0.1) is 11.7 Å². The van der Waals surface area contributed by atoms with Gasteiger partial charge in [0.1, 0.15) is 29.0 Å². The lowest BCUT2D eigenvalue weighted by Crippen LogP contribution is -2.55. The van der Waals surface area contributed by atoms with Gasteiger partial charge in [0, 0.05) is 82.9 Å². The number of benzene rings is 1. The first kappa shape index (κ1) is 39.2. The first-order valence-electron chi connectivity index (χ1n) is 21.6. The lowest BCUT2D eigenvalue weighted by Gasteiger charge is -2.44. The molecule has 0 spiro atoms. The minimum atomic E-state index is -1.09. The van der Waals surface area contributed by atoms with Crippen LogP contribution in [-0.2, 0) is 9.59 Å². The number of nitrogens with zero attached hydrogens (tertiary/aromatic N) is 9. The van der Waals surface area contributed by atoms with E-state index in [1.165, 1.54) is 6.07 Å². The van der Waals surface area contributed by atoms with Crippen LogP contribution in [0.2, 0.25) is 0 Å². The highest BCUT2D eigenvalue weighted by atomic mass is 19.1. The number of fused-ring (bicyclic) bond motifs is 4. The van der Waals surface area contributed by atoms with E-state index in [1.807, 2.05) is 23.2 Å². The Morgan fingerprint density at radius 3 is 2.25 bits per heavy atom. The number of pyridine rings is 1. The first-order chi connectivity index (χ1) is 29.5. The largest absolute Gasteiger partial charge is 0.370 e. The van der Waals surface area contributed by atoms with Gasteiger partial charge in [0.2, 0.25) is 17.8 Å². The summed E-state index contributed by atoms with van der Waals surface area (Å²) in [6.07, 6.45) is 12.2.